The van der Waals surface area contributed by atoms with E-state index in [2.05, 4.69) is 16.4 Å². The molecule has 3 aliphatic heterocycles. The van der Waals surface area contributed by atoms with Gasteiger partial charge in [0.05, 0.1) is 41.2 Å². The summed E-state index contributed by atoms with van der Waals surface area (Å²) in [6, 6.07) is 11.0. The third-order valence-corrected chi connectivity index (χ3v) is 8.04. The van der Waals surface area contributed by atoms with Gasteiger partial charge in [0, 0.05) is 62.5 Å². The number of rotatable bonds is 2. The van der Waals surface area contributed by atoms with E-state index in [0.29, 0.717) is 43.0 Å². The number of halogens is 2. The fraction of sp³-hybridized carbons (Fsp3) is 0.310. The minimum absolute atomic E-state index is 0.194. The van der Waals surface area contributed by atoms with Crippen molar-refractivity contribution in [2.45, 2.75) is 31.9 Å². The maximum absolute atomic E-state index is 14.1. The van der Waals surface area contributed by atoms with E-state index >= 15 is 0 Å². The predicted molar refractivity (Wildman–Crippen MR) is 143 cm³/mol. The van der Waals surface area contributed by atoms with Crippen molar-refractivity contribution in [1.82, 2.24) is 29.1 Å². The van der Waals surface area contributed by atoms with Crippen molar-refractivity contribution in [3.63, 3.8) is 0 Å². The number of likely N-dealkylation sites (tertiary alicyclic amines) is 1. The number of carbonyl (C=O) groups excluding carboxylic acids is 2. The molecular weight excluding hydrogens is 516 g/mol. The number of urea groups is 1. The Balaban J connectivity index is 1.33. The van der Waals surface area contributed by atoms with E-state index in [9.17, 15) is 23.6 Å². The standard InChI is InChI=1S/C29H25F2N7O2/c30-29(31)5-3-6-37(17-29)28(40)36-9-8-35-16-22(20-11-18(12-32)10-19(15-36)26(20)35)21-13-34-27(39)25(21)23-14-33-24-4-1-2-7-38(23)24/h1-2,4,7,10-11,14,16H,3,5-6,8-9,13,15,17H2,(H,34,39). The maximum Gasteiger partial charge on any atom is 0.320 e. The molecule has 7 rings (SSSR count). The van der Waals surface area contributed by atoms with Crippen LogP contribution in [0, 0.1) is 11.3 Å². The Morgan fingerprint density at radius 3 is 2.85 bits per heavy atom. The first-order valence-electron chi connectivity index (χ1n) is 13.2. The van der Waals surface area contributed by atoms with Crippen molar-refractivity contribution in [3.8, 4) is 6.07 Å². The number of piperidine rings is 1. The molecule has 3 amide bonds. The number of aromatic nitrogens is 3. The molecule has 6 heterocycles. The van der Waals surface area contributed by atoms with Gasteiger partial charge in [0.15, 0.2) is 0 Å². The zero-order chi connectivity index (χ0) is 27.6. The molecule has 0 bridgehead atoms. The van der Waals surface area contributed by atoms with Gasteiger partial charge in [0.2, 0.25) is 0 Å². The van der Waals surface area contributed by atoms with Crippen molar-refractivity contribution < 1.29 is 18.4 Å². The second-order valence-electron chi connectivity index (χ2n) is 10.6. The van der Waals surface area contributed by atoms with Gasteiger partial charge in [-0.2, -0.15) is 5.26 Å². The van der Waals surface area contributed by atoms with E-state index in [1.54, 1.807) is 17.2 Å². The molecule has 202 valence electrons. The minimum Gasteiger partial charge on any atom is -0.348 e. The molecule has 9 nitrogen and oxygen atoms in total. The Bertz CT molecular complexity index is 1790. The predicted octanol–water partition coefficient (Wildman–Crippen LogP) is 3.87. The molecule has 1 fully saturated rings. The number of hydrogen-bond acceptors (Lipinski definition) is 4. The van der Waals surface area contributed by atoms with Crippen molar-refractivity contribution in [2.75, 3.05) is 26.2 Å². The van der Waals surface area contributed by atoms with Gasteiger partial charge in [-0.1, -0.05) is 6.07 Å². The normalized spacial score (nSPS) is 18.8. The van der Waals surface area contributed by atoms with E-state index in [0.717, 1.165) is 33.3 Å². The van der Waals surface area contributed by atoms with E-state index < -0.39 is 18.5 Å². The van der Waals surface area contributed by atoms with Crippen LogP contribution in [-0.4, -0.2) is 67.8 Å². The summed E-state index contributed by atoms with van der Waals surface area (Å²) in [7, 11) is 0. The molecule has 1 N–H and O–H groups in total. The first kappa shape index (κ1) is 24.3. The molecular formula is C29H25F2N7O2. The quantitative estimate of drug-likeness (QED) is 0.417. The number of nitrogens with one attached hydrogen (secondary N) is 1. The number of benzene rings is 1. The van der Waals surface area contributed by atoms with Crippen LogP contribution in [0.2, 0.25) is 0 Å². The van der Waals surface area contributed by atoms with E-state index in [1.165, 1.54) is 4.90 Å². The van der Waals surface area contributed by atoms with Gasteiger partial charge in [-0.15, -0.1) is 0 Å². The number of nitrogens with zero attached hydrogens (tertiary/aromatic N) is 6. The largest absolute Gasteiger partial charge is 0.348 e. The second-order valence-corrected chi connectivity index (χ2v) is 10.6. The number of imidazole rings is 1. The summed E-state index contributed by atoms with van der Waals surface area (Å²) >= 11 is 0. The molecule has 3 aliphatic rings. The molecule has 0 radical (unpaired) electrons. The Morgan fingerprint density at radius 1 is 1.15 bits per heavy atom. The Morgan fingerprint density at radius 2 is 2.02 bits per heavy atom. The van der Waals surface area contributed by atoms with Crippen molar-refractivity contribution >= 4 is 39.6 Å². The molecule has 40 heavy (non-hydrogen) atoms. The lowest BCUT2D eigenvalue weighted by molar-refractivity contribution is -0.114. The van der Waals surface area contributed by atoms with Crippen LogP contribution in [0.15, 0.2) is 48.9 Å². The van der Waals surface area contributed by atoms with Gasteiger partial charge < -0.3 is 19.7 Å². The van der Waals surface area contributed by atoms with Crippen LogP contribution in [0.5, 0.6) is 0 Å². The Kier molecular flexibility index (Phi) is 5.42. The van der Waals surface area contributed by atoms with Gasteiger partial charge in [0.1, 0.15) is 5.65 Å². The van der Waals surface area contributed by atoms with Gasteiger partial charge in [-0.25, -0.2) is 18.6 Å². The van der Waals surface area contributed by atoms with Crippen molar-refractivity contribution in [1.29, 1.82) is 5.26 Å². The minimum atomic E-state index is -2.88. The molecule has 0 spiro atoms. The molecule has 0 aliphatic carbocycles. The molecule has 0 saturated carbocycles. The summed E-state index contributed by atoms with van der Waals surface area (Å²) in [5, 5.41) is 13.6. The number of nitriles is 1. The third-order valence-electron chi connectivity index (χ3n) is 8.04. The summed E-state index contributed by atoms with van der Waals surface area (Å²) in [6.45, 7) is 1.03. The van der Waals surface area contributed by atoms with Crippen LogP contribution in [0.3, 0.4) is 0 Å². The molecule has 0 unspecified atom stereocenters. The van der Waals surface area contributed by atoms with Gasteiger partial charge in [-0.05, 0) is 41.8 Å². The third kappa shape index (κ3) is 3.82. The Labute approximate surface area is 227 Å². The maximum atomic E-state index is 14.1. The fourth-order valence-electron chi connectivity index (χ4n) is 6.24. The van der Waals surface area contributed by atoms with Crippen molar-refractivity contribution in [2.24, 2.45) is 0 Å². The lowest BCUT2D eigenvalue weighted by atomic mass is 9.97. The summed E-state index contributed by atoms with van der Waals surface area (Å²) in [6.07, 6.45) is 5.58. The molecule has 3 aromatic heterocycles. The zero-order valence-corrected chi connectivity index (χ0v) is 21.5. The molecule has 11 heteroatoms. The number of carbonyl (C=O) groups is 2. The van der Waals surface area contributed by atoms with E-state index in [-0.39, 0.29) is 25.3 Å². The topological polar surface area (TPSA) is 98.7 Å². The summed E-state index contributed by atoms with van der Waals surface area (Å²) in [4.78, 5) is 33.7. The fourth-order valence-corrected chi connectivity index (χ4v) is 6.24. The molecule has 4 aromatic rings. The monoisotopic (exact) mass is 541 g/mol. The average Bonchev–Trinajstić information content (AvgIpc) is 3.60. The molecule has 1 saturated heterocycles. The zero-order valence-electron chi connectivity index (χ0n) is 21.5. The van der Waals surface area contributed by atoms with E-state index in [4.69, 9.17) is 0 Å². The van der Waals surface area contributed by atoms with Crippen LogP contribution in [0.25, 0.3) is 27.7 Å². The Hall–Kier alpha value is -4.72. The molecule has 0 atom stereocenters. The number of pyridine rings is 1. The first-order chi connectivity index (χ1) is 19.3. The SMILES string of the molecule is N#Cc1cc2c3c(c1)c(C1=C(c4cnc5ccccn45)C(=O)NC1)cn3CCN(C(=O)N1CCCC(F)(F)C1)C2. The number of amides is 3. The highest BCUT2D eigenvalue weighted by Crippen LogP contribution is 2.38. The highest BCUT2D eigenvalue weighted by atomic mass is 19.3. The summed E-state index contributed by atoms with van der Waals surface area (Å²) in [5.74, 6) is -3.08. The van der Waals surface area contributed by atoms with E-state index in [1.807, 2.05) is 45.6 Å². The molecule has 1 aromatic carbocycles. The van der Waals surface area contributed by atoms with Crippen LogP contribution in [0.4, 0.5) is 13.6 Å². The smallest absolute Gasteiger partial charge is 0.320 e. The van der Waals surface area contributed by atoms with Gasteiger partial charge in [0.25, 0.3) is 11.8 Å². The lowest BCUT2D eigenvalue weighted by Crippen LogP contribution is -2.51. The number of hydrogen-bond donors (Lipinski definition) is 1. The van der Waals surface area contributed by atoms with Crippen molar-refractivity contribution in [3.05, 3.63) is 71.3 Å². The summed E-state index contributed by atoms with van der Waals surface area (Å²) in [5.41, 5.74) is 5.65. The number of alkyl halides is 2. The average molecular weight is 542 g/mol. The second kappa shape index (κ2) is 8.91. The lowest BCUT2D eigenvalue weighted by Gasteiger charge is -2.36. The number of fused-ring (bicyclic) bond motifs is 1. The van der Waals surface area contributed by atoms with Gasteiger partial charge in [-0.3, -0.25) is 9.20 Å². The van der Waals surface area contributed by atoms with Crippen LogP contribution >= 0.6 is 0 Å². The highest BCUT2D eigenvalue weighted by Gasteiger charge is 2.39. The first-order valence-corrected chi connectivity index (χ1v) is 13.2. The van der Waals surface area contributed by atoms with Crippen LogP contribution < -0.4 is 5.32 Å². The van der Waals surface area contributed by atoms with Crippen LogP contribution in [0.1, 0.15) is 35.2 Å². The van der Waals surface area contributed by atoms with Gasteiger partial charge >= 0.3 is 6.03 Å². The highest BCUT2D eigenvalue weighted by molar-refractivity contribution is 6.31. The summed E-state index contributed by atoms with van der Waals surface area (Å²) < 4.78 is 32.0. The van der Waals surface area contributed by atoms with Crippen LogP contribution in [-0.2, 0) is 17.9 Å².